The molecule has 1 heterocycles. The Labute approximate surface area is 117 Å². The van der Waals surface area contributed by atoms with Crippen molar-refractivity contribution in [1.82, 2.24) is 9.88 Å². The number of hydrogen-bond acceptors (Lipinski definition) is 3. The van der Waals surface area contributed by atoms with E-state index in [1.165, 1.54) is 0 Å². The second-order valence-electron chi connectivity index (χ2n) is 4.44. The predicted molar refractivity (Wildman–Crippen MR) is 76.3 cm³/mol. The fourth-order valence-corrected chi connectivity index (χ4v) is 2.14. The molecule has 0 saturated carbocycles. The topological polar surface area (TPSA) is 69.1 Å². The van der Waals surface area contributed by atoms with Crippen LogP contribution in [-0.4, -0.2) is 42.6 Å². The maximum absolute atomic E-state index is 12.6. The van der Waals surface area contributed by atoms with E-state index in [0.717, 1.165) is 10.9 Å². The summed E-state index contributed by atoms with van der Waals surface area (Å²) in [4.78, 5) is 17.4. The number of ether oxygens (including phenoxy) is 1. The Balaban J connectivity index is 2.26. The maximum Gasteiger partial charge on any atom is 0.254 e. The molecule has 0 spiro atoms. The molecule has 104 valence electrons. The highest BCUT2D eigenvalue weighted by Gasteiger charge is 2.17. The quantitative estimate of drug-likeness (QED) is 0.875. The van der Waals surface area contributed by atoms with Gasteiger partial charge in [-0.1, -0.05) is 6.07 Å². The Kier molecular flexibility index (Phi) is 4.75. The number of aromatic nitrogens is 1. The SMILES string of the molecule is COCCN(CCC#N)C(=O)c1cccc2[nH]ccc12. The van der Waals surface area contributed by atoms with Gasteiger partial charge in [0.1, 0.15) is 0 Å². The summed E-state index contributed by atoms with van der Waals surface area (Å²) in [5.41, 5.74) is 1.58. The molecular weight excluding hydrogens is 254 g/mol. The molecule has 1 aromatic heterocycles. The largest absolute Gasteiger partial charge is 0.383 e. The van der Waals surface area contributed by atoms with Gasteiger partial charge in [-0.25, -0.2) is 0 Å². The number of amides is 1. The van der Waals surface area contributed by atoms with Gasteiger partial charge in [0.05, 0.1) is 19.1 Å². The van der Waals surface area contributed by atoms with E-state index in [1.807, 2.05) is 30.5 Å². The van der Waals surface area contributed by atoms with Gasteiger partial charge in [0.2, 0.25) is 0 Å². The molecule has 5 nitrogen and oxygen atoms in total. The zero-order valence-electron chi connectivity index (χ0n) is 11.4. The molecule has 20 heavy (non-hydrogen) atoms. The summed E-state index contributed by atoms with van der Waals surface area (Å²) < 4.78 is 5.03. The third-order valence-electron chi connectivity index (χ3n) is 3.17. The molecule has 0 saturated heterocycles. The minimum atomic E-state index is -0.0671. The average molecular weight is 271 g/mol. The highest BCUT2D eigenvalue weighted by Crippen LogP contribution is 2.19. The van der Waals surface area contributed by atoms with Crippen LogP contribution >= 0.6 is 0 Å². The van der Waals surface area contributed by atoms with Crippen molar-refractivity contribution in [3.8, 4) is 6.07 Å². The van der Waals surface area contributed by atoms with Crippen LogP contribution in [0.15, 0.2) is 30.5 Å². The van der Waals surface area contributed by atoms with Crippen molar-refractivity contribution in [1.29, 1.82) is 5.26 Å². The number of carbonyl (C=O) groups excluding carboxylic acids is 1. The molecule has 0 unspecified atom stereocenters. The van der Waals surface area contributed by atoms with E-state index in [-0.39, 0.29) is 5.91 Å². The van der Waals surface area contributed by atoms with Crippen LogP contribution in [0.4, 0.5) is 0 Å². The summed E-state index contributed by atoms with van der Waals surface area (Å²) in [5, 5.41) is 9.61. The molecule has 1 N–H and O–H groups in total. The molecule has 0 aliphatic rings. The molecule has 1 amide bonds. The van der Waals surface area contributed by atoms with Gasteiger partial charge in [0.25, 0.3) is 5.91 Å². The summed E-state index contributed by atoms with van der Waals surface area (Å²) >= 11 is 0. The average Bonchev–Trinajstić information content (AvgIpc) is 2.95. The van der Waals surface area contributed by atoms with Gasteiger partial charge in [0.15, 0.2) is 0 Å². The maximum atomic E-state index is 12.6. The number of carbonyl (C=O) groups is 1. The predicted octanol–water partition coefficient (Wildman–Crippen LogP) is 2.17. The molecule has 0 aliphatic heterocycles. The van der Waals surface area contributed by atoms with Crippen molar-refractivity contribution in [3.63, 3.8) is 0 Å². The van der Waals surface area contributed by atoms with Crippen LogP contribution in [-0.2, 0) is 4.74 Å². The molecule has 1 aromatic carbocycles. The molecule has 2 aromatic rings. The third-order valence-corrected chi connectivity index (χ3v) is 3.17. The number of benzene rings is 1. The minimum absolute atomic E-state index is 0.0671. The van der Waals surface area contributed by atoms with E-state index in [0.29, 0.717) is 31.7 Å². The number of fused-ring (bicyclic) bond motifs is 1. The van der Waals surface area contributed by atoms with Crippen molar-refractivity contribution in [3.05, 3.63) is 36.0 Å². The molecule has 0 radical (unpaired) electrons. The summed E-state index contributed by atoms with van der Waals surface area (Å²) in [7, 11) is 1.60. The van der Waals surface area contributed by atoms with Crippen LogP contribution in [0.1, 0.15) is 16.8 Å². The van der Waals surface area contributed by atoms with E-state index in [1.54, 1.807) is 12.0 Å². The lowest BCUT2D eigenvalue weighted by Gasteiger charge is -2.21. The van der Waals surface area contributed by atoms with Crippen LogP contribution in [0.25, 0.3) is 10.9 Å². The van der Waals surface area contributed by atoms with Gasteiger partial charge in [-0.15, -0.1) is 0 Å². The summed E-state index contributed by atoms with van der Waals surface area (Å²) in [6.45, 7) is 1.36. The second-order valence-corrected chi connectivity index (χ2v) is 4.44. The molecule has 0 bridgehead atoms. The first-order valence-electron chi connectivity index (χ1n) is 6.49. The number of hydrogen-bond donors (Lipinski definition) is 1. The third kappa shape index (κ3) is 2.98. The summed E-state index contributed by atoms with van der Waals surface area (Å²) in [5.74, 6) is -0.0671. The smallest absolute Gasteiger partial charge is 0.254 e. The lowest BCUT2D eigenvalue weighted by molar-refractivity contribution is 0.0702. The van der Waals surface area contributed by atoms with E-state index < -0.39 is 0 Å². The van der Waals surface area contributed by atoms with Gasteiger partial charge >= 0.3 is 0 Å². The monoisotopic (exact) mass is 271 g/mol. The fraction of sp³-hybridized carbons (Fsp3) is 0.333. The van der Waals surface area contributed by atoms with Crippen molar-refractivity contribution < 1.29 is 9.53 Å². The molecule has 0 fully saturated rings. The first-order chi connectivity index (χ1) is 9.77. The Morgan fingerprint density at radius 1 is 1.40 bits per heavy atom. The highest BCUT2D eigenvalue weighted by atomic mass is 16.5. The Hall–Kier alpha value is -2.32. The van der Waals surface area contributed by atoms with Crippen LogP contribution in [0.3, 0.4) is 0 Å². The Morgan fingerprint density at radius 3 is 3.00 bits per heavy atom. The van der Waals surface area contributed by atoms with Gasteiger partial charge in [-0.3, -0.25) is 4.79 Å². The second kappa shape index (κ2) is 6.73. The normalized spacial score (nSPS) is 10.4. The van der Waals surface area contributed by atoms with E-state index in [9.17, 15) is 4.79 Å². The van der Waals surface area contributed by atoms with Crippen LogP contribution in [0.2, 0.25) is 0 Å². The van der Waals surface area contributed by atoms with Crippen molar-refractivity contribution >= 4 is 16.8 Å². The fourth-order valence-electron chi connectivity index (χ4n) is 2.14. The Bertz CT molecular complexity index is 627. The van der Waals surface area contributed by atoms with Gasteiger partial charge in [0, 0.05) is 42.9 Å². The number of nitriles is 1. The number of nitrogens with one attached hydrogen (secondary N) is 1. The highest BCUT2D eigenvalue weighted by molar-refractivity contribution is 6.06. The molecule has 5 heteroatoms. The molecule has 0 aliphatic carbocycles. The molecule has 2 rings (SSSR count). The first kappa shape index (κ1) is 14.1. The van der Waals surface area contributed by atoms with Crippen molar-refractivity contribution in [2.75, 3.05) is 26.8 Å². The summed E-state index contributed by atoms with van der Waals surface area (Å²) in [6.07, 6.45) is 2.13. The van der Waals surface area contributed by atoms with Gasteiger partial charge < -0.3 is 14.6 Å². The zero-order chi connectivity index (χ0) is 14.4. The Morgan fingerprint density at radius 2 is 2.25 bits per heavy atom. The lowest BCUT2D eigenvalue weighted by Crippen LogP contribution is -2.34. The zero-order valence-corrected chi connectivity index (χ0v) is 11.4. The number of H-pyrrole nitrogens is 1. The number of rotatable bonds is 6. The number of methoxy groups -OCH3 is 1. The number of nitrogens with zero attached hydrogens (tertiary/aromatic N) is 2. The lowest BCUT2D eigenvalue weighted by atomic mass is 10.1. The molecule has 0 atom stereocenters. The van der Waals surface area contributed by atoms with Gasteiger partial charge in [-0.05, 0) is 18.2 Å². The van der Waals surface area contributed by atoms with Crippen molar-refractivity contribution in [2.45, 2.75) is 6.42 Å². The van der Waals surface area contributed by atoms with Crippen LogP contribution in [0, 0.1) is 11.3 Å². The van der Waals surface area contributed by atoms with E-state index >= 15 is 0 Å². The van der Waals surface area contributed by atoms with Crippen molar-refractivity contribution in [2.24, 2.45) is 0 Å². The summed E-state index contributed by atoms with van der Waals surface area (Å²) in [6, 6.07) is 9.56. The number of aromatic amines is 1. The van der Waals surface area contributed by atoms with Crippen LogP contribution in [0.5, 0.6) is 0 Å². The van der Waals surface area contributed by atoms with Crippen LogP contribution < -0.4 is 0 Å². The first-order valence-corrected chi connectivity index (χ1v) is 6.49. The molecular formula is C15H17N3O2. The van der Waals surface area contributed by atoms with Gasteiger partial charge in [-0.2, -0.15) is 5.26 Å². The van der Waals surface area contributed by atoms with E-state index in [2.05, 4.69) is 11.1 Å². The van der Waals surface area contributed by atoms with E-state index in [4.69, 9.17) is 10.00 Å². The minimum Gasteiger partial charge on any atom is -0.383 e. The standard InChI is InChI=1S/C15H17N3O2/c1-20-11-10-18(9-3-7-16)15(19)13-4-2-5-14-12(13)6-8-17-14/h2,4-6,8,17H,3,9-11H2,1H3.